The highest BCUT2D eigenvalue weighted by atomic mass is 35.5. The molecular formula is C10H21ClN2O. The minimum atomic E-state index is -0.00325. The number of hydrogen-bond donors (Lipinski definition) is 1. The van der Waals surface area contributed by atoms with Crippen molar-refractivity contribution in [3.63, 3.8) is 0 Å². The van der Waals surface area contributed by atoms with Crippen molar-refractivity contribution in [3.05, 3.63) is 0 Å². The summed E-state index contributed by atoms with van der Waals surface area (Å²) in [6, 6.07) is 0. The van der Waals surface area contributed by atoms with Crippen LogP contribution < -0.4 is 5.32 Å². The molecule has 0 aromatic rings. The molecule has 1 N–H and O–H groups in total. The van der Waals surface area contributed by atoms with Crippen molar-refractivity contribution < 1.29 is 4.79 Å². The van der Waals surface area contributed by atoms with Gasteiger partial charge in [-0.1, -0.05) is 6.92 Å². The number of nitrogens with one attached hydrogen (secondary N) is 1. The number of carbonyl (C=O) groups is 1. The maximum Gasteiger partial charge on any atom is 0.221 e. The first-order valence-corrected chi connectivity index (χ1v) is 5.51. The summed E-state index contributed by atoms with van der Waals surface area (Å²) in [5.41, 5.74) is -0.00325. The number of halogens is 1. The molecule has 0 heterocycles. The van der Waals surface area contributed by atoms with Crippen LogP contribution in [0, 0.1) is 0 Å². The Morgan fingerprint density at radius 2 is 2.07 bits per heavy atom. The summed E-state index contributed by atoms with van der Waals surface area (Å²) < 4.78 is 0. The number of likely N-dealkylation sites (N-methyl/N-ethyl adjacent to an activating group) is 1. The predicted octanol–water partition coefficient (Wildman–Crippen LogP) is 1.46. The average molecular weight is 221 g/mol. The molecule has 0 aliphatic rings. The summed E-state index contributed by atoms with van der Waals surface area (Å²) in [6.07, 6.45) is 0.396. The predicted molar refractivity (Wildman–Crippen MR) is 60.7 cm³/mol. The Labute approximate surface area is 91.8 Å². The van der Waals surface area contributed by atoms with Crippen LogP contribution in [0.5, 0.6) is 0 Å². The van der Waals surface area contributed by atoms with E-state index in [1.165, 1.54) is 0 Å². The van der Waals surface area contributed by atoms with Crippen LogP contribution in [0.15, 0.2) is 0 Å². The van der Waals surface area contributed by atoms with Crippen molar-refractivity contribution in [2.75, 3.05) is 26.0 Å². The number of rotatable bonds is 6. The number of carbonyl (C=O) groups excluding carboxylic acids is 1. The molecular weight excluding hydrogens is 200 g/mol. The van der Waals surface area contributed by atoms with Crippen LogP contribution in [-0.4, -0.2) is 42.4 Å². The maximum absolute atomic E-state index is 11.2. The SMILES string of the molecule is CCN(C)C(C)(C)CNC(=O)CCCl. The fourth-order valence-electron chi connectivity index (χ4n) is 1.05. The number of hydrogen-bond acceptors (Lipinski definition) is 2. The van der Waals surface area contributed by atoms with Crippen LogP contribution in [0.25, 0.3) is 0 Å². The van der Waals surface area contributed by atoms with Gasteiger partial charge in [0.2, 0.25) is 5.91 Å². The zero-order valence-corrected chi connectivity index (χ0v) is 10.3. The Kier molecular flexibility index (Phi) is 6.12. The second-order valence-electron chi connectivity index (χ2n) is 4.04. The van der Waals surface area contributed by atoms with E-state index in [-0.39, 0.29) is 11.4 Å². The van der Waals surface area contributed by atoms with E-state index in [4.69, 9.17) is 11.6 Å². The Balaban J connectivity index is 3.92. The van der Waals surface area contributed by atoms with E-state index in [0.717, 1.165) is 6.54 Å². The molecule has 84 valence electrons. The third-order valence-corrected chi connectivity index (χ3v) is 2.74. The molecule has 0 rings (SSSR count). The van der Waals surface area contributed by atoms with Crippen LogP contribution in [0.1, 0.15) is 27.2 Å². The summed E-state index contributed by atoms with van der Waals surface area (Å²) in [6.45, 7) is 7.95. The lowest BCUT2D eigenvalue weighted by Crippen LogP contribution is -2.49. The Hall–Kier alpha value is -0.280. The van der Waals surface area contributed by atoms with Gasteiger partial charge in [-0.05, 0) is 27.4 Å². The molecule has 1 amide bonds. The standard InChI is InChI=1S/C10H21ClN2O/c1-5-13(4)10(2,3)8-12-9(14)6-7-11/h5-8H2,1-4H3,(H,12,14). The molecule has 3 nitrogen and oxygen atoms in total. The first-order chi connectivity index (χ1) is 6.44. The Bertz CT molecular complexity index is 183. The number of amides is 1. The molecule has 0 aromatic heterocycles. The fourth-order valence-corrected chi connectivity index (χ4v) is 1.22. The lowest BCUT2D eigenvalue weighted by molar-refractivity contribution is -0.121. The van der Waals surface area contributed by atoms with Crippen LogP contribution in [0.2, 0.25) is 0 Å². The van der Waals surface area contributed by atoms with E-state index in [1.807, 2.05) is 7.05 Å². The van der Waals surface area contributed by atoms with Crippen molar-refractivity contribution in [2.45, 2.75) is 32.7 Å². The smallest absolute Gasteiger partial charge is 0.221 e. The average Bonchev–Trinajstić information content (AvgIpc) is 2.14. The second-order valence-corrected chi connectivity index (χ2v) is 4.42. The van der Waals surface area contributed by atoms with Gasteiger partial charge in [-0.25, -0.2) is 0 Å². The molecule has 0 atom stereocenters. The van der Waals surface area contributed by atoms with Crippen molar-refractivity contribution >= 4 is 17.5 Å². The summed E-state index contributed by atoms with van der Waals surface area (Å²) in [5.74, 6) is 0.410. The van der Waals surface area contributed by atoms with Gasteiger partial charge in [0.15, 0.2) is 0 Å². The summed E-state index contributed by atoms with van der Waals surface area (Å²) >= 11 is 5.46. The zero-order chi connectivity index (χ0) is 11.2. The Morgan fingerprint density at radius 1 is 1.50 bits per heavy atom. The molecule has 0 saturated carbocycles. The molecule has 0 aliphatic heterocycles. The molecule has 0 aromatic carbocycles. The van der Waals surface area contributed by atoms with E-state index >= 15 is 0 Å². The molecule has 0 spiro atoms. The highest BCUT2D eigenvalue weighted by molar-refractivity contribution is 6.18. The quantitative estimate of drug-likeness (QED) is 0.688. The number of alkyl halides is 1. The van der Waals surface area contributed by atoms with E-state index in [0.29, 0.717) is 18.8 Å². The second kappa shape index (κ2) is 6.25. The van der Waals surface area contributed by atoms with Gasteiger partial charge < -0.3 is 5.32 Å². The van der Waals surface area contributed by atoms with Gasteiger partial charge >= 0.3 is 0 Å². The van der Waals surface area contributed by atoms with E-state index in [2.05, 4.69) is 31.0 Å². The molecule has 0 unspecified atom stereocenters. The largest absolute Gasteiger partial charge is 0.354 e. The lowest BCUT2D eigenvalue weighted by Gasteiger charge is -2.34. The molecule has 4 heteroatoms. The summed E-state index contributed by atoms with van der Waals surface area (Å²) in [7, 11) is 2.05. The van der Waals surface area contributed by atoms with Crippen LogP contribution in [0.3, 0.4) is 0 Å². The monoisotopic (exact) mass is 220 g/mol. The zero-order valence-electron chi connectivity index (χ0n) is 9.56. The van der Waals surface area contributed by atoms with Gasteiger partial charge in [0.1, 0.15) is 0 Å². The summed E-state index contributed by atoms with van der Waals surface area (Å²) in [4.78, 5) is 13.4. The van der Waals surface area contributed by atoms with Crippen molar-refractivity contribution in [2.24, 2.45) is 0 Å². The van der Waals surface area contributed by atoms with Gasteiger partial charge in [-0.2, -0.15) is 0 Å². The van der Waals surface area contributed by atoms with Crippen molar-refractivity contribution in [3.8, 4) is 0 Å². The van der Waals surface area contributed by atoms with Crippen LogP contribution in [0.4, 0.5) is 0 Å². The lowest BCUT2D eigenvalue weighted by atomic mass is 10.0. The Morgan fingerprint density at radius 3 is 2.50 bits per heavy atom. The van der Waals surface area contributed by atoms with Gasteiger partial charge in [0.25, 0.3) is 0 Å². The maximum atomic E-state index is 11.2. The van der Waals surface area contributed by atoms with Crippen molar-refractivity contribution in [1.82, 2.24) is 10.2 Å². The van der Waals surface area contributed by atoms with Crippen LogP contribution in [-0.2, 0) is 4.79 Å². The highest BCUT2D eigenvalue weighted by Gasteiger charge is 2.22. The topological polar surface area (TPSA) is 32.3 Å². The minimum Gasteiger partial charge on any atom is -0.354 e. The third-order valence-electron chi connectivity index (χ3n) is 2.55. The molecule has 14 heavy (non-hydrogen) atoms. The minimum absolute atomic E-state index is 0.00325. The molecule has 0 bridgehead atoms. The molecule has 0 radical (unpaired) electrons. The fraction of sp³-hybridized carbons (Fsp3) is 0.900. The molecule has 0 fully saturated rings. The first-order valence-electron chi connectivity index (χ1n) is 4.98. The molecule has 0 aliphatic carbocycles. The normalized spacial score (nSPS) is 11.9. The number of nitrogens with zero attached hydrogens (tertiary/aromatic N) is 1. The van der Waals surface area contributed by atoms with Gasteiger partial charge in [-0.3, -0.25) is 9.69 Å². The van der Waals surface area contributed by atoms with Crippen molar-refractivity contribution in [1.29, 1.82) is 0 Å². The van der Waals surface area contributed by atoms with Gasteiger partial charge in [0, 0.05) is 24.4 Å². The van der Waals surface area contributed by atoms with Gasteiger partial charge in [-0.15, -0.1) is 11.6 Å². The first kappa shape index (κ1) is 13.7. The molecule has 0 saturated heterocycles. The highest BCUT2D eigenvalue weighted by Crippen LogP contribution is 2.09. The van der Waals surface area contributed by atoms with E-state index in [1.54, 1.807) is 0 Å². The van der Waals surface area contributed by atoms with E-state index in [9.17, 15) is 4.79 Å². The van der Waals surface area contributed by atoms with Gasteiger partial charge in [0.05, 0.1) is 0 Å². The van der Waals surface area contributed by atoms with E-state index < -0.39 is 0 Å². The third kappa shape index (κ3) is 4.82. The summed E-state index contributed by atoms with van der Waals surface area (Å²) in [5, 5.41) is 2.87. The van der Waals surface area contributed by atoms with Crippen LogP contribution >= 0.6 is 11.6 Å².